The fourth-order valence-electron chi connectivity index (χ4n) is 2.95. The number of nitro groups is 2. The summed E-state index contributed by atoms with van der Waals surface area (Å²) in [5.41, 5.74) is 1.22. The van der Waals surface area contributed by atoms with Crippen LogP contribution in [0, 0.1) is 27.2 Å². The number of nitro benzene ring substituents is 2. The van der Waals surface area contributed by atoms with Gasteiger partial charge in [0, 0.05) is 37.4 Å². The Bertz CT molecular complexity index is 940. The lowest BCUT2D eigenvalue weighted by Gasteiger charge is -2.30. The van der Waals surface area contributed by atoms with Crippen molar-refractivity contribution in [2.45, 2.75) is 6.92 Å². The van der Waals surface area contributed by atoms with Gasteiger partial charge in [-0.2, -0.15) is 0 Å². The van der Waals surface area contributed by atoms with E-state index in [2.05, 4.69) is 5.32 Å². The highest BCUT2D eigenvalue weighted by Gasteiger charge is 2.23. The Morgan fingerprint density at radius 1 is 1.04 bits per heavy atom. The molecule has 3 rings (SSSR count). The standard InChI is InChI=1S/C18H18N4O6/c1-12-2-3-14(22(26)27)11-16(12)19-18(23)15-10-13(21(24)25)4-5-17(15)20-6-8-28-9-7-20/h2-5,10-11H,6-9H2,1H3,(H,19,23). The van der Waals surface area contributed by atoms with Crippen molar-refractivity contribution in [2.24, 2.45) is 0 Å². The van der Waals surface area contributed by atoms with Crippen molar-refractivity contribution in [3.63, 3.8) is 0 Å². The summed E-state index contributed by atoms with van der Waals surface area (Å²) in [7, 11) is 0. The lowest BCUT2D eigenvalue weighted by molar-refractivity contribution is -0.385. The summed E-state index contributed by atoms with van der Waals surface area (Å²) in [6, 6.07) is 8.24. The third kappa shape index (κ3) is 4.07. The molecule has 1 aliphatic heterocycles. The highest BCUT2D eigenvalue weighted by molar-refractivity contribution is 6.09. The minimum absolute atomic E-state index is 0.127. The summed E-state index contributed by atoms with van der Waals surface area (Å²) in [6.45, 7) is 3.78. The molecule has 10 heteroatoms. The molecule has 146 valence electrons. The lowest BCUT2D eigenvalue weighted by Crippen LogP contribution is -2.37. The first-order valence-corrected chi connectivity index (χ1v) is 8.54. The molecule has 2 aromatic rings. The van der Waals surface area contributed by atoms with Gasteiger partial charge in [-0.15, -0.1) is 0 Å². The molecule has 1 N–H and O–H groups in total. The quantitative estimate of drug-likeness (QED) is 0.618. The van der Waals surface area contributed by atoms with E-state index in [0.717, 1.165) is 0 Å². The molecule has 0 unspecified atom stereocenters. The van der Waals surface area contributed by atoms with Gasteiger partial charge in [-0.25, -0.2) is 0 Å². The molecule has 0 spiro atoms. The van der Waals surface area contributed by atoms with E-state index in [9.17, 15) is 25.0 Å². The Morgan fingerprint density at radius 2 is 1.64 bits per heavy atom. The van der Waals surface area contributed by atoms with Gasteiger partial charge in [0.25, 0.3) is 17.3 Å². The topological polar surface area (TPSA) is 128 Å². The molecular formula is C18H18N4O6. The van der Waals surface area contributed by atoms with Gasteiger partial charge in [-0.05, 0) is 18.6 Å². The van der Waals surface area contributed by atoms with Crippen LogP contribution in [0.25, 0.3) is 0 Å². The Morgan fingerprint density at radius 3 is 2.29 bits per heavy atom. The van der Waals surface area contributed by atoms with E-state index in [4.69, 9.17) is 4.74 Å². The molecule has 1 aliphatic rings. The molecule has 10 nitrogen and oxygen atoms in total. The van der Waals surface area contributed by atoms with E-state index in [0.29, 0.717) is 37.6 Å². The summed E-state index contributed by atoms with van der Waals surface area (Å²) in [5.74, 6) is -0.575. The van der Waals surface area contributed by atoms with Crippen LogP contribution in [0.3, 0.4) is 0 Å². The van der Waals surface area contributed by atoms with Crippen LogP contribution in [0.5, 0.6) is 0 Å². The number of nitrogens with one attached hydrogen (secondary N) is 1. The number of carbonyl (C=O) groups is 1. The smallest absolute Gasteiger partial charge is 0.271 e. The molecule has 1 amide bonds. The molecule has 1 saturated heterocycles. The van der Waals surface area contributed by atoms with Gasteiger partial charge in [0.1, 0.15) is 0 Å². The molecule has 0 atom stereocenters. The molecule has 1 heterocycles. The maximum Gasteiger partial charge on any atom is 0.271 e. The number of morpholine rings is 1. The van der Waals surface area contributed by atoms with E-state index in [-0.39, 0.29) is 22.6 Å². The van der Waals surface area contributed by atoms with E-state index < -0.39 is 15.8 Å². The summed E-state index contributed by atoms with van der Waals surface area (Å²) in [6.07, 6.45) is 0. The highest BCUT2D eigenvalue weighted by Crippen LogP contribution is 2.28. The highest BCUT2D eigenvalue weighted by atomic mass is 16.6. The number of hydrogen-bond acceptors (Lipinski definition) is 7. The molecule has 0 aliphatic carbocycles. The summed E-state index contributed by atoms with van der Waals surface area (Å²) in [5, 5.41) is 24.8. The number of anilines is 2. The van der Waals surface area contributed by atoms with E-state index in [1.54, 1.807) is 13.0 Å². The maximum absolute atomic E-state index is 12.9. The first-order chi connectivity index (χ1) is 13.4. The zero-order valence-electron chi connectivity index (χ0n) is 15.1. The SMILES string of the molecule is Cc1ccc([N+](=O)[O-])cc1NC(=O)c1cc([N+](=O)[O-])ccc1N1CCOCC1. The zero-order chi connectivity index (χ0) is 20.3. The summed E-state index contributed by atoms with van der Waals surface area (Å²) >= 11 is 0. The average Bonchev–Trinajstić information content (AvgIpc) is 2.69. The van der Waals surface area contributed by atoms with Crippen LogP contribution in [0.2, 0.25) is 0 Å². The second-order valence-electron chi connectivity index (χ2n) is 6.27. The second-order valence-corrected chi connectivity index (χ2v) is 6.27. The normalized spacial score (nSPS) is 13.8. The number of rotatable bonds is 5. The van der Waals surface area contributed by atoms with Crippen LogP contribution in [0.1, 0.15) is 15.9 Å². The fourth-order valence-corrected chi connectivity index (χ4v) is 2.95. The lowest BCUT2D eigenvalue weighted by atomic mass is 10.1. The number of hydrogen-bond donors (Lipinski definition) is 1. The molecule has 2 aromatic carbocycles. The number of aryl methyl sites for hydroxylation is 1. The first kappa shape index (κ1) is 19.2. The number of carbonyl (C=O) groups excluding carboxylic acids is 1. The van der Waals surface area contributed by atoms with Gasteiger partial charge < -0.3 is 15.0 Å². The Kier molecular flexibility index (Phi) is 5.50. The molecule has 0 saturated carbocycles. The van der Waals surface area contributed by atoms with Crippen LogP contribution < -0.4 is 10.2 Å². The van der Waals surface area contributed by atoms with Crippen molar-refractivity contribution in [1.82, 2.24) is 0 Å². The largest absolute Gasteiger partial charge is 0.378 e. The first-order valence-electron chi connectivity index (χ1n) is 8.54. The van der Waals surface area contributed by atoms with Crippen molar-refractivity contribution >= 4 is 28.7 Å². The van der Waals surface area contributed by atoms with Gasteiger partial charge in [0.05, 0.1) is 40.0 Å². The Labute approximate surface area is 160 Å². The summed E-state index contributed by atoms with van der Waals surface area (Å²) < 4.78 is 5.32. The van der Waals surface area contributed by atoms with Crippen LogP contribution >= 0.6 is 0 Å². The Balaban J connectivity index is 1.97. The average molecular weight is 386 g/mol. The number of nitrogens with zero attached hydrogens (tertiary/aromatic N) is 3. The van der Waals surface area contributed by atoms with Gasteiger partial charge in [-0.3, -0.25) is 25.0 Å². The van der Waals surface area contributed by atoms with Crippen LogP contribution in [-0.4, -0.2) is 42.1 Å². The summed E-state index contributed by atoms with van der Waals surface area (Å²) in [4.78, 5) is 35.9. The van der Waals surface area contributed by atoms with E-state index >= 15 is 0 Å². The minimum Gasteiger partial charge on any atom is -0.378 e. The van der Waals surface area contributed by atoms with Crippen molar-refractivity contribution in [3.8, 4) is 0 Å². The van der Waals surface area contributed by atoms with Crippen molar-refractivity contribution in [2.75, 3.05) is 36.5 Å². The molecule has 1 fully saturated rings. The molecule has 0 radical (unpaired) electrons. The molecule has 0 aromatic heterocycles. The predicted molar refractivity (Wildman–Crippen MR) is 102 cm³/mol. The van der Waals surface area contributed by atoms with Gasteiger partial charge in [-0.1, -0.05) is 6.07 Å². The van der Waals surface area contributed by atoms with E-state index in [1.807, 2.05) is 4.90 Å². The predicted octanol–water partition coefficient (Wildman–Crippen LogP) is 2.90. The molecule has 28 heavy (non-hydrogen) atoms. The van der Waals surface area contributed by atoms with Crippen molar-refractivity contribution < 1.29 is 19.4 Å². The molecule has 0 bridgehead atoms. The van der Waals surface area contributed by atoms with Gasteiger partial charge >= 0.3 is 0 Å². The minimum atomic E-state index is -0.575. The maximum atomic E-state index is 12.9. The van der Waals surface area contributed by atoms with Gasteiger partial charge in [0.15, 0.2) is 0 Å². The van der Waals surface area contributed by atoms with Crippen molar-refractivity contribution in [1.29, 1.82) is 0 Å². The number of amides is 1. The second kappa shape index (κ2) is 8.01. The van der Waals surface area contributed by atoms with Gasteiger partial charge in [0.2, 0.25) is 0 Å². The number of benzene rings is 2. The molecular weight excluding hydrogens is 368 g/mol. The Hall–Kier alpha value is -3.53. The monoisotopic (exact) mass is 386 g/mol. The number of non-ortho nitro benzene ring substituents is 2. The third-order valence-electron chi connectivity index (χ3n) is 4.47. The third-order valence-corrected chi connectivity index (χ3v) is 4.47. The van der Waals surface area contributed by atoms with Crippen LogP contribution in [0.4, 0.5) is 22.7 Å². The number of ether oxygens (including phenoxy) is 1. The zero-order valence-corrected chi connectivity index (χ0v) is 15.1. The van der Waals surface area contributed by atoms with Crippen LogP contribution in [-0.2, 0) is 4.74 Å². The van der Waals surface area contributed by atoms with Crippen LogP contribution in [0.15, 0.2) is 36.4 Å². The van der Waals surface area contributed by atoms with Crippen molar-refractivity contribution in [3.05, 3.63) is 67.8 Å². The van der Waals surface area contributed by atoms with E-state index in [1.165, 1.54) is 30.3 Å². The fraction of sp³-hybridized carbons (Fsp3) is 0.278.